The van der Waals surface area contributed by atoms with E-state index in [-0.39, 0.29) is 0 Å². The van der Waals surface area contributed by atoms with Gasteiger partial charge in [-0.3, -0.25) is 9.97 Å². The summed E-state index contributed by atoms with van der Waals surface area (Å²) in [7, 11) is 0. The number of alkyl halides is 1. The minimum Gasteiger partial charge on any atom is -0.370 e. The second-order valence-corrected chi connectivity index (χ2v) is 7.71. The zero-order valence-corrected chi connectivity index (χ0v) is 14.6. The Balaban J connectivity index is 1.88. The Morgan fingerprint density at radius 2 is 2.05 bits per heavy atom. The van der Waals surface area contributed by atoms with Gasteiger partial charge in [-0.05, 0) is 46.8 Å². The average Bonchev–Trinajstić information content (AvgIpc) is 2.46. The fraction of sp³-hybridized carbons (Fsp3) is 0.467. The van der Waals surface area contributed by atoms with Gasteiger partial charge in [0, 0.05) is 34.8 Å². The van der Waals surface area contributed by atoms with Gasteiger partial charge in [-0.25, -0.2) is 0 Å². The molecule has 106 valence electrons. The molecule has 0 radical (unpaired) electrons. The molecule has 3 heterocycles. The minimum atomic E-state index is 0.605. The van der Waals surface area contributed by atoms with E-state index in [0.717, 1.165) is 34.5 Å². The highest BCUT2D eigenvalue weighted by molar-refractivity contribution is 9.10. The highest BCUT2D eigenvalue weighted by Crippen LogP contribution is 2.31. The Hall–Kier alpha value is -0.680. The molecular weight excluding hydrogens is 382 g/mol. The first-order chi connectivity index (χ1) is 9.65. The summed E-state index contributed by atoms with van der Waals surface area (Å²) in [6.45, 7) is 4.44. The topological polar surface area (TPSA) is 29.0 Å². The Bertz CT molecular complexity index is 607. The molecular formula is C15H17Br2N3. The lowest BCUT2D eigenvalue weighted by Gasteiger charge is -2.35. The molecule has 1 atom stereocenters. The maximum Gasteiger partial charge on any atom is 0.112 e. The van der Waals surface area contributed by atoms with Gasteiger partial charge in [0.2, 0.25) is 0 Å². The van der Waals surface area contributed by atoms with Crippen molar-refractivity contribution in [2.45, 2.75) is 24.6 Å². The van der Waals surface area contributed by atoms with Crippen molar-refractivity contribution < 1.29 is 0 Å². The monoisotopic (exact) mass is 397 g/mol. The van der Waals surface area contributed by atoms with E-state index < -0.39 is 0 Å². The first-order valence-electron chi connectivity index (χ1n) is 6.94. The molecule has 1 aliphatic rings. The van der Waals surface area contributed by atoms with E-state index in [4.69, 9.17) is 0 Å². The maximum atomic E-state index is 4.55. The SMILES string of the molecule is CC(Br)C1CCN(c2ccnc3cc(Br)cnc23)CC1. The zero-order valence-electron chi connectivity index (χ0n) is 11.4. The van der Waals surface area contributed by atoms with Crippen LogP contribution in [0.1, 0.15) is 19.8 Å². The smallest absolute Gasteiger partial charge is 0.112 e. The number of rotatable bonds is 2. The number of hydrogen-bond donors (Lipinski definition) is 0. The lowest BCUT2D eigenvalue weighted by molar-refractivity contribution is 0.407. The zero-order chi connectivity index (χ0) is 14.1. The number of nitrogens with zero attached hydrogens (tertiary/aromatic N) is 3. The summed E-state index contributed by atoms with van der Waals surface area (Å²) in [5.41, 5.74) is 3.16. The van der Waals surface area contributed by atoms with E-state index in [9.17, 15) is 0 Å². The Morgan fingerprint density at radius 3 is 2.75 bits per heavy atom. The molecule has 1 saturated heterocycles. The summed E-state index contributed by atoms with van der Waals surface area (Å²) < 4.78 is 0.974. The van der Waals surface area contributed by atoms with E-state index in [1.54, 1.807) is 0 Å². The third-order valence-electron chi connectivity index (χ3n) is 4.05. The highest BCUT2D eigenvalue weighted by Gasteiger charge is 2.23. The number of pyridine rings is 2. The fourth-order valence-corrected chi connectivity index (χ4v) is 3.69. The molecule has 0 bridgehead atoms. The third kappa shape index (κ3) is 2.84. The van der Waals surface area contributed by atoms with Gasteiger partial charge in [0.1, 0.15) is 5.52 Å². The summed E-state index contributed by atoms with van der Waals surface area (Å²) in [5, 5.41) is 0. The van der Waals surface area contributed by atoms with Gasteiger partial charge in [0.05, 0.1) is 11.2 Å². The first kappa shape index (κ1) is 14.3. The molecule has 3 nitrogen and oxygen atoms in total. The number of fused-ring (bicyclic) bond motifs is 1. The van der Waals surface area contributed by atoms with Crippen molar-refractivity contribution in [2.24, 2.45) is 5.92 Å². The molecule has 2 aromatic rings. The van der Waals surface area contributed by atoms with Crippen LogP contribution in [0.2, 0.25) is 0 Å². The van der Waals surface area contributed by atoms with Gasteiger partial charge < -0.3 is 4.90 Å². The van der Waals surface area contributed by atoms with Crippen LogP contribution in [0.4, 0.5) is 5.69 Å². The largest absolute Gasteiger partial charge is 0.370 e. The fourth-order valence-electron chi connectivity index (χ4n) is 2.85. The molecule has 0 N–H and O–H groups in total. The summed E-state index contributed by atoms with van der Waals surface area (Å²) in [6, 6.07) is 4.11. The van der Waals surface area contributed by atoms with E-state index in [1.165, 1.54) is 18.5 Å². The molecule has 0 aliphatic carbocycles. The molecule has 5 heteroatoms. The third-order valence-corrected chi connectivity index (χ3v) is 5.23. The normalized spacial score (nSPS) is 18.4. The minimum absolute atomic E-state index is 0.605. The van der Waals surface area contributed by atoms with Crippen molar-refractivity contribution in [2.75, 3.05) is 18.0 Å². The Morgan fingerprint density at radius 1 is 1.30 bits per heavy atom. The number of hydrogen-bond acceptors (Lipinski definition) is 3. The second-order valence-electron chi connectivity index (χ2n) is 5.35. The van der Waals surface area contributed by atoms with Crippen LogP contribution < -0.4 is 4.90 Å². The van der Waals surface area contributed by atoms with Crippen LogP contribution in [0.3, 0.4) is 0 Å². The van der Waals surface area contributed by atoms with Gasteiger partial charge in [-0.1, -0.05) is 22.9 Å². The van der Waals surface area contributed by atoms with Crippen LogP contribution >= 0.6 is 31.9 Å². The first-order valence-corrected chi connectivity index (χ1v) is 8.65. The standard InChI is InChI=1S/C15H17Br2N3/c1-10(16)11-3-6-20(7-4-11)14-2-5-18-13-8-12(17)9-19-15(13)14/h2,5,8-11H,3-4,6-7H2,1H3. The average molecular weight is 399 g/mol. The van der Waals surface area contributed by atoms with E-state index in [2.05, 4.69) is 59.7 Å². The molecule has 0 amide bonds. The number of halogens is 2. The van der Waals surface area contributed by atoms with Crippen molar-refractivity contribution in [3.63, 3.8) is 0 Å². The molecule has 1 aliphatic heterocycles. The van der Waals surface area contributed by atoms with E-state index in [1.807, 2.05) is 18.5 Å². The van der Waals surface area contributed by atoms with Crippen LogP contribution in [0.15, 0.2) is 29.0 Å². The molecule has 3 rings (SSSR count). The summed E-state index contributed by atoms with van der Waals surface area (Å²) in [5.74, 6) is 0.779. The molecule has 1 fully saturated rings. The van der Waals surface area contributed by atoms with Crippen molar-refractivity contribution in [3.8, 4) is 0 Å². The van der Waals surface area contributed by atoms with Crippen LogP contribution in [0.25, 0.3) is 11.0 Å². The van der Waals surface area contributed by atoms with Gasteiger partial charge in [-0.2, -0.15) is 0 Å². The van der Waals surface area contributed by atoms with Gasteiger partial charge >= 0.3 is 0 Å². The lowest BCUT2D eigenvalue weighted by Crippen LogP contribution is -2.36. The predicted octanol–water partition coefficient (Wildman–Crippen LogP) is 4.39. The quantitative estimate of drug-likeness (QED) is 0.702. The van der Waals surface area contributed by atoms with Crippen LogP contribution in [0, 0.1) is 5.92 Å². The van der Waals surface area contributed by atoms with Gasteiger partial charge in [0.25, 0.3) is 0 Å². The van der Waals surface area contributed by atoms with Crippen LogP contribution in [-0.2, 0) is 0 Å². The van der Waals surface area contributed by atoms with Crippen molar-refractivity contribution in [1.29, 1.82) is 0 Å². The van der Waals surface area contributed by atoms with Gasteiger partial charge in [0.15, 0.2) is 0 Å². The summed E-state index contributed by atoms with van der Waals surface area (Å²) in [6.07, 6.45) is 6.19. The molecule has 0 saturated carbocycles. The summed E-state index contributed by atoms with van der Waals surface area (Å²) in [4.78, 5) is 12.0. The van der Waals surface area contributed by atoms with Crippen molar-refractivity contribution in [1.82, 2.24) is 9.97 Å². The molecule has 20 heavy (non-hydrogen) atoms. The Labute approximate surface area is 136 Å². The maximum absolute atomic E-state index is 4.55. The molecule has 0 spiro atoms. The molecule has 2 aromatic heterocycles. The van der Waals surface area contributed by atoms with Gasteiger partial charge in [-0.15, -0.1) is 0 Å². The summed E-state index contributed by atoms with van der Waals surface area (Å²) >= 11 is 7.17. The van der Waals surface area contributed by atoms with E-state index >= 15 is 0 Å². The van der Waals surface area contributed by atoms with Crippen LogP contribution in [0.5, 0.6) is 0 Å². The van der Waals surface area contributed by atoms with Crippen molar-refractivity contribution >= 4 is 48.6 Å². The van der Waals surface area contributed by atoms with Crippen LogP contribution in [-0.4, -0.2) is 27.9 Å². The Kier molecular flexibility index (Phi) is 4.26. The molecule has 1 unspecified atom stereocenters. The molecule has 0 aromatic carbocycles. The number of aromatic nitrogens is 2. The highest BCUT2D eigenvalue weighted by atomic mass is 79.9. The number of piperidine rings is 1. The second kappa shape index (κ2) is 5.98. The predicted molar refractivity (Wildman–Crippen MR) is 90.6 cm³/mol. The van der Waals surface area contributed by atoms with Crippen molar-refractivity contribution in [3.05, 3.63) is 29.0 Å². The number of anilines is 1. The lowest BCUT2D eigenvalue weighted by atomic mass is 9.94. The van der Waals surface area contributed by atoms with E-state index in [0.29, 0.717) is 4.83 Å².